The van der Waals surface area contributed by atoms with E-state index in [1.807, 2.05) is 6.07 Å². The van der Waals surface area contributed by atoms with Gasteiger partial charge in [0.2, 0.25) is 0 Å². The second-order valence-electron chi connectivity index (χ2n) is 6.82. The lowest BCUT2D eigenvalue weighted by Crippen LogP contribution is -2.39. The van der Waals surface area contributed by atoms with Crippen LogP contribution in [-0.2, 0) is 11.2 Å². The quantitative estimate of drug-likeness (QED) is 0.635. The zero-order valence-corrected chi connectivity index (χ0v) is 14.2. The molecule has 1 fully saturated rings. The van der Waals surface area contributed by atoms with E-state index < -0.39 is 0 Å². The van der Waals surface area contributed by atoms with Crippen LogP contribution in [0.1, 0.15) is 62.1 Å². The highest BCUT2D eigenvalue weighted by Crippen LogP contribution is 2.31. The van der Waals surface area contributed by atoms with Crippen molar-refractivity contribution < 1.29 is 13.9 Å². The van der Waals surface area contributed by atoms with Gasteiger partial charge in [0.15, 0.2) is 0 Å². The highest BCUT2D eigenvalue weighted by Gasteiger charge is 2.24. The van der Waals surface area contributed by atoms with Crippen molar-refractivity contribution >= 4 is 6.03 Å². The number of nitrogens with one attached hydrogen (secondary N) is 2. The van der Waals surface area contributed by atoms with Crippen molar-refractivity contribution in [3.63, 3.8) is 0 Å². The number of carbonyl (C=O) groups excluding carboxylic acids is 1. The highest BCUT2D eigenvalue weighted by molar-refractivity contribution is 5.74. The van der Waals surface area contributed by atoms with E-state index in [2.05, 4.69) is 10.6 Å². The first-order valence-electron chi connectivity index (χ1n) is 9.16. The molecule has 0 bridgehead atoms. The molecular weight excluding hydrogens is 307 g/mol. The number of ether oxygens (including phenoxy) is 1. The summed E-state index contributed by atoms with van der Waals surface area (Å²) in [4.78, 5) is 12.0. The molecule has 1 atom stereocenters. The van der Waals surface area contributed by atoms with Crippen LogP contribution in [0.4, 0.5) is 9.18 Å². The molecule has 2 amide bonds. The Morgan fingerprint density at radius 1 is 1.17 bits per heavy atom. The molecule has 5 heteroatoms. The molecule has 0 heterocycles. The number of rotatable bonds is 5. The van der Waals surface area contributed by atoms with Crippen LogP contribution < -0.4 is 10.6 Å². The molecule has 1 unspecified atom stereocenters. The third kappa shape index (κ3) is 4.69. The van der Waals surface area contributed by atoms with Gasteiger partial charge in [-0.1, -0.05) is 31.7 Å². The van der Waals surface area contributed by atoms with Crippen molar-refractivity contribution in [1.82, 2.24) is 10.6 Å². The van der Waals surface area contributed by atoms with E-state index in [9.17, 15) is 9.18 Å². The Morgan fingerprint density at radius 3 is 2.75 bits per heavy atom. The molecule has 132 valence electrons. The number of hydrogen-bond acceptors (Lipinski definition) is 2. The van der Waals surface area contributed by atoms with Gasteiger partial charge >= 0.3 is 6.03 Å². The van der Waals surface area contributed by atoms with Gasteiger partial charge in [0, 0.05) is 6.54 Å². The van der Waals surface area contributed by atoms with Gasteiger partial charge in [-0.3, -0.25) is 0 Å². The monoisotopic (exact) mass is 334 g/mol. The van der Waals surface area contributed by atoms with Crippen molar-refractivity contribution in [2.75, 3.05) is 13.2 Å². The summed E-state index contributed by atoms with van der Waals surface area (Å²) in [5.41, 5.74) is 2.03. The maximum Gasteiger partial charge on any atom is 0.315 e. The number of carbonyl (C=O) groups is 1. The van der Waals surface area contributed by atoms with Crippen LogP contribution in [0.15, 0.2) is 18.2 Å². The van der Waals surface area contributed by atoms with E-state index in [0.29, 0.717) is 19.3 Å². The molecular formula is C19H27FN2O2. The van der Waals surface area contributed by atoms with Gasteiger partial charge in [0.25, 0.3) is 0 Å². The summed E-state index contributed by atoms with van der Waals surface area (Å²) in [6.07, 6.45) is 9.44. The van der Waals surface area contributed by atoms with Crippen molar-refractivity contribution in [2.24, 2.45) is 0 Å². The number of aryl methyl sites for hydroxylation is 1. The average Bonchev–Trinajstić information content (AvgIpc) is 2.79. The Bertz CT molecular complexity index is 556. The lowest BCUT2D eigenvalue weighted by molar-refractivity contribution is 0.0460. The van der Waals surface area contributed by atoms with E-state index in [4.69, 9.17) is 4.74 Å². The first kappa shape index (κ1) is 17.2. The van der Waals surface area contributed by atoms with Crippen LogP contribution in [0.3, 0.4) is 0 Å². The Morgan fingerprint density at radius 2 is 1.96 bits per heavy atom. The van der Waals surface area contributed by atoms with E-state index in [1.165, 1.54) is 37.8 Å². The number of urea groups is 1. The predicted octanol–water partition coefficient (Wildman–Crippen LogP) is 3.85. The maximum atomic E-state index is 13.4. The number of hydrogen-bond donors (Lipinski definition) is 2. The second-order valence-corrected chi connectivity index (χ2v) is 6.82. The molecule has 0 aliphatic heterocycles. The molecule has 0 spiro atoms. The molecule has 24 heavy (non-hydrogen) atoms. The van der Waals surface area contributed by atoms with Crippen molar-refractivity contribution in [3.05, 3.63) is 35.1 Å². The Kier molecular flexibility index (Phi) is 6.07. The van der Waals surface area contributed by atoms with Crippen LogP contribution >= 0.6 is 0 Å². The van der Waals surface area contributed by atoms with Gasteiger partial charge in [-0.2, -0.15) is 0 Å². The van der Waals surface area contributed by atoms with Crippen molar-refractivity contribution in [3.8, 4) is 0 Å². The number of amides is 2. The third-order valence-corrected chi connectivity index (χ3v) is 5.03. The lowest BCUT2D eigenvalue weighted by atomic mass is 10.1. The normalized spacial score (nSPS) is 21.1. The molecule has 1 aromatic carbocycles. The van der Waals surface area contributed by atoms with E-state index in [0.717, 1.165) is 36.8 Å². The average molecular weight is 334 g/mol. The summed E-state index contributed by atoms with van der Waals surface area (Å²) in [6, 6.07) is 4.51. The summed E-state index contributed by atoms with van der Waals surface area (Å²) in [7, 11) is 0. The molecule has 2 aliphatic rings. The fraction of sp³-hybridized carbons (Fsp3) is 0.632. The molecule has 1 saturated carbocycles. The zero-order chi connectivity index (χ0) is 16.8. The molecule has 4 nitrogen and oxygen atoms in total. The summed E-state index contributed by atoms with van der Waals surface area (Å²) >= 11 is 0. The second kappa shape index (κ2) is 8.47. The topological polar surface area (TPSA) is 50.4 Å². The fourth-order valence-electron chi connectivity index (χ4n) is 3.73. The molecule has 3 rings (SSSR count). The Balaban J connectivity index is 1.37. The minimum atomic E-state index is -0.250. The molecule has 2 aliphatic carbocycles. The van der Waals surface area contributed by atoms with Crippen LogP contribution in [0.5, 0.6) is 0 Å². The smallest absolute Gasteiger partial charge is 0.315 e. The number of fused-ring (bicyclic) bond motifs is 1. The fourth-order valence-corrected chi connectivity index (χ4v) is 3.73. The van der Waals surface area contributed by atoms with Crippen molar-refractivity contribution in [1.29, 1.82) is 0 Å². The minimum absolute atomic E-state index is 0.0986. The van der Waals surface area contributed by atoms with E-state index in [1.54, 1.807) is 0 Å². The van der Waals surface area contributed by atoms with Gasteiger partial charge < -0.3 is 15.4 Å². The van der Waals surface area contributed by atoms with Crippen LogP contribution in [-0.4, -0.2) is 25.3 Å². The van der Waals surface area contributed by atoms with Gasteiger partial charge in [0.05, 0.1) is 18.8 Å². The molecule has 0 saturated heterocycles. The van der Waals surface area contributed by atoms with Crippen LogP contribution in [0, 0.1) is 5.82 Å². The molecule has 0 aromatic heterocycles. The molecule has 1 aromatic rings. The van der Waals surface area contributed by atoms with Gasteiger partial charge in [-0.15, -0.1) is 0 Å². The lowest BCUT2D eigenvalue weighted by Gasteiger charge is -2.17. The zero-order valence-electron chi connectivity index (χ0n) is 14.2. The van der Waals surface area contributed by atoms with Crippen LogP contribution in [0.25, 0.3) is 0 Å². The summed E-state index contributed by atoms with van der Waals surface area (Å²) in [5.74, 6) is -0.250. The third-order valence-electron chi connectivity index (χ3n) is 5.03. The first-order chi connectivity index (χ1) is 11.7. The number of benzene rings is 1. The summed E-state index contributed by atoms with van der Waals surface area (Å²) in [6.45, 7) is 1.05. The van der Waals surface area contributed by atoms with E-state index >= 15 is 0 Å². The summed E-state index contributed by atoms with van der Waals surface area (Å²) in [5, 5.41) is 5.78. The largest absolute Gasteiger partial charge is 0.376 e. The van der Waals surface area contributed by atoms with Gasteiger partial charge in [-0.25, -0.2) is 9.18 Å². The van der Waals surface area contributed by atoms with Crippen molar-refractivity contribution in [2.45, 2.75) is 63.5 Å². The maximum absolute atomic E-state index is 13.4. The standard InChI is InChI=1S/C19H27FN2O2/c20-15-9-7-14-8-10-18(17(14)13-15)22-19(23)21-11-12-24-16-5-3-1-2-4-6-16/h7,9,13,16,18H,1-6,8,10-12H2,(H2,21,22,23). The molecule has 0 radical (unpaired) electrons. The Hall–Kier alpha value is -1.62. The SMILES string of the molecule is O=C(NCCOC1CCCCCC1)NC1CCc2ccc(F)cc21. The number of halogens is 1. The van der Waals surface area contributed by atoms with E-state index in [-0.39, 0.29) is 17.9 Å². The first-order valence-corrected chi connectivity index (χ1v) is 9.16. The Labute approximate surface area is 143 Å². The summed E-state index contributed by atoms with van der Waals surface area (Å²) < 4.78 is 19.2. The minimum Gasteiger partial charge on any atom is -0.376 e. The highest BCUT2D eigenvalue weighted by atomic mass is 19.1. The van der Waals surface area contributed by atoms with Crippen LogP contribution in [0.2, 0.25) is 0 Å². The molecule has 2 N–H and O–H groups in total. The van der Waals surface area contributed by atoms with Gasteiger partial charge in [-0.05, 0) is 48.9 Å². The van der Waals surface area contributed by atoms with Gasteiger partial charge in [0.1, 0.15) is 5.82 Å². The predicted molar refractivity (Wildman–Crippen MR) is 91.4 cm³/mol.